The summed E-state index contributed by atoms with van der Waals surface area (Å²) in [5.41, 5.74) is 2.98. The first-order chi connectivity index (χ1) is 16.0. The van der Waals surface area contributed by atoms with Crippen molar-refractivity contribution in [1.82, 2.24) is 19.7 Å². The van der Waals surface area contributed by atoms with Gasteiger partial charge in [0.1, 0.15) is 11.4 Å². The van der Waals surface area contributed by atoms with Gasteiger partial charge in [0.15, 0.2) is 0 Å². The lowest BCUT2D eigenvalue weighted by Gasteiger charge is -2.42. The van der Waals surface area contributed by atoms with Crippen LogP contribution in [0.4, 0.5) is 5.69 Å². The number of benzene rings is 1. The Morgan fingerprint density at radius 1 is 1.18 bits per heavy atom. The number of amides is 1. The van der Waals surface area contributed by atoms with Crippen molar-refractivity contribution in [2.75, 3.05) is 19.7 Å². The van der Waals surface area contributed by atoms with Crippen LogP contribution >= 0.6 is 0 Å². The van der Waals surface area contributed by atoms with Crippen molar-refractivity contribution in [3.63, 3.8) is 0 Å². The summed E-state index contributed by atoms with van der Waals surface area (Å²) in [7, 11) is 0. The number of ether oxygens (including phenoxy) is 1. The molecule has 1 N–H and O–H groups in total. The molecule has 3 aliphatic rings. The van der Waals surface area contributed by atoms with Gasteiger partial charge in [-0.05, 0) is 48.2 Å². The zero-order chi connectivity index (χ0) is 22.7. The smallest absolute Gasteiger partial charge is 0.334 e. The van der Waals surface area contributed by atoms with Crippen LogP contribution < -0.4 is 10.3 Å². The second kappa shape index (κ2) is 7.29. The molecule has 0 radical (unpaired) electrons. The van der Waals surface area contributed by atoms with Gasteiger partial charge < -0.3 is 14.2 Å². The van der Waals surface area contributed by atoms with E-state index < -0.39 is 16.2 Å². The van der Waals surface area contributed by atoms with E-state index in [2.05, 4.69) is 10.2 Å². The van der Waals surface area contributed by atoms with Gasteiger partial charge in [0, 0.05) is 49.3 Å². The van der Waals surface area contributed by atoms with Crippen molar-refractivity contribution in [2.24, 2.45) is 5.92 Å². The molecule has 10 nitrogen and oxygen atoms in total. The Morgan fingerprint density at radius 3 is 2.91 bits per heavy atom. The van der Waals surface area contributed by atoms with Gasteiger partial charge in [0.25, 0.3) is 5.91 Å². The minimum absolute atomic E-state index is 0.0333. The fourth-order valence-corrected chi connectivity index (χ4v) is 5.33. The molecular weight excluding hydrogens is 426 g/mol. The highest BCUT2D eigenvalue weighted by Gasteiger charge is 2.38. The van der Waals surface area contributed by atoms with Crippen LogP contribution in [-0.4, -0.2) is 50.2 Å². The lowest BCUT2D eigenvalue weighted by Crippen LogP contribution is -2.49. The first kappa shape index (κ1) is 19.7. The summed E-state index contributed by atoms with van der Waals surface area (Å²) in [6, 6.07) is 10.6. The summed E-state index contributed by atoms with van der Waals surface area (Å²) in [4.78, 5) is 38.1. The van der Waals surface area contributed by atoms with Crippen molar-refractivity contribution in [3.05, 3.63) is 73.8 Å². The number of nitrogens with zero attached hydrogens (tertiary/aromatic N) is 4. The van der Waals surface area contributed by atoms with Crippen LogP contribution in [-0.2, 0) is 13.0 Å². The van der Waals surface area contributed by atoms with Crippen molar-refractivity contribution in [2.45, 2.75) is 25.3 Å². The van der Waals surface area contributed by atoms with E-state index in [1.165, 1.54) is 10.6 Å². The number of H-pyrrole nitrogens is 1. The Bertz CT molecular complexity index is 1360. The molecule has 2 atom stereocenters. The van der Waals surface area contributed by atoms with Crippen LogP contribution in [0.3, 0.4) is 0 Å². The maximum Gasteiger partial charge on any atom is 0.334 e. The molecule has 0 unspecified atom stereocenters. The number of aromatic amines is 1. The number of piperidine rings is 1. The van der Waals surface area contributed by atoms with E-state index >= 15 is 0 Å². The van der Waals surface area contributed by atoms with Crippen LogP contribution in [0.25, 0.3) is 11.3 Å². The third kappa shape index (κ3) is 3.21. The van der Waals surface area contributed by atoms with E-state index in [0.29, 0.717) is 37.6 Å². The predicted molar refractivity (Wildman–Crippen MR) is 117 cm³/mol. The fourth-order valence-electron chi connectivity index (χ4n) is 5.33. The number of rotatable bonds is 3. The van der Waals surface area contributed by atoms with Crippen LogP contribution in [0.2, 0.25) is 0 Å². The van der Waals surface area contributed by atoms with E-state index in [1.54, 1.807) is 17.0 Å². The van der Waals surface area contributed by atoms with Crippen LogP contribution in [0.5, 0.6) is 5.75 Å². The van der Waals surface area contributed by atoms with Crippen molar-refractivity contribution in [1.29, 1.82) is 0 Å². The SMILES string of the molecule is O=C(c1cc(-c2ccc3c(c2)CCO3)n[nH]1)N1C[C@H]2C[C@@H](C1)c1ccc([N+](=O)[O-])c(=O)n1C2. The van der Waals surface area contributed by atoms with E-state index in [1.807, 2.05) is 18.2 Å². The Kier molecular flexibility index (Phi) is 4.36. The summed E-state index contributed by atoms with van der Waals surface area (Å²) >= 11 is 0. The average molecular weight is 447 g/mol. The monoisotopic (exact) mass is 447 g/mol. The molecule has 5 heterocycles. The van der Waals surface area contributed by atoms with Crippen molar-refractivity contribution < 1.29 is 14.5 Å². The summed E-state index contributed by atoms with van der Waals surface area (Å²) in [5, 5.41) is 18.4. The van der Waals surface area contributed by atoms with Crippen molar-refractivity contribution >= 4 is 11.6 Å². The standard InChI is InChI=1S/C23H21N5O5/c29-22(18-9-17(24-25-18)14-1-4-21-15(8-14)5-6-33-21)26-10-13-7-16(12-26)19-2-3-20(28(31)32)23(30)27(19)11-13/h1-4,8-9,13,16H,5-7,10-12H2,(H,24,25)/t13-,16+/m1/s1. The van der Waals surface area contributed by atoms with E-state index in [0.717, 1.165) is 35.4 Å². The molecule has 6 rings (SSSR count). The maximum absolute atomic E-state index is 13.3. The number of carbonyl (C=O) groups excluding carboxylic acids is 1. The number of pyridine rings is 1. The second-order valence-corrected chi connectivity index (χ2v) is 8.91. The molecule has 0 aliphatic carbocycles. The van der Waals surface area contributed by atoms with Gasteiger partial charge >= 0.3 is 11.2 Å². The highest BCUT2D eigenvalue weighted by Crippen LogP contribution is 2.36. The number of nitro groups is 1. The maximum atomic E-state index is 13.3. The first-order valence-corrected chi connectivity index (χ1v) is 11.0. The number of nitrogens with one attached hydrogen (secondary N) is 1. The molecule has 1 fully saturated rings. The fraction of sp³-hybridized carbons (Fsp3) is 0.348. The van der Waals surface area contributed by atoms with Crippen molar-refractivity contribution in [3.8, 4) is 17.0 Å². The molecule has 168 valence electrons. The van der Waals surface area contributed by atoms with Crippen LogP contribution in [0.1, 0.15) is 34.1 Å². The Morgan fingerprint density at radius 2 is 2.06 bits per heavy atom. The Labute approximate surface area is 187 Å². The predicted octanol–water partition coefficient (Wildman–Crippen LogP) is 2.34. The molecule has 10 heteroatoms. The zero-order valence-electron chi connectivity index (χ0n) is 17.7. The lowest BCUT2D eigenvalue weighted by atomic mass is 9.83. The first-order valence-electron chi connectivity index (χ1n) is 11.0. The molecule has 1 saturated heterocycles. The number of carbonyl (C=O) groups is 1. The molecule has 2 bridgehead atoms. The minimum atomic E-state index is -0.639. The molecule has 0 spiro atoms. The number of aromatic nitrogens is 3. The Balaban J connectivity index is 1.24. The zero-order valence-corrected chi connectivity index (χ0v) is 17.7. The van der Waals surface area contributed by atoms with E-state index in [4.69, 9.17) is 4.74 Å². The average Bonchev–Trinajstić information content (AvgIpc) is 3.48. The molecule has 2 aromatic heterocycles. The number of likely N-dealkylation sites (tertiary alicyclic amines) is 1. The quantitative estimate of drug-likeness (QED) is 0.486. The highest BCUT2D eigenvalue weighted by atomic mass is 16.6. The molecule has 1 aromatic carbocycles. The van der Waals surface area contributed by atoms with Crippen LogP contribution in [0, 0.1) is 16.0 Å². The molecule has 0 saturated carbocycles. The van der Waals surface area contributed by atoms with Gasteiger partial charge in [-0.2, -0.15) is 5.10 Å². The summed E-state index contributed by atoms with van der Waals surface area (Å²) in [6.07, 6.45) is 1.72. The molecular formula is C23H21N5O5. The second-order valence-electron chi connectivity index (χ2n) is 8.91. The third-order valence-corrected chi connectivity index (χ3v) is 6.86. The third-order valence-electron chi connectivity index (χ3n) is 6.86. The van der Waals surface area contributed by atoms with Gasteiger partial charge in [0.05, 0.1) is 17.2 Å². The number of hydrogen-bond donors (Lipinski definition) is 1. The normalized spacial score (nSPS) is 20.7. The van der Waals surface area contributed by atoms with E-state index in [-0.39, 0.29) is 17.7 Å². The number of hydrogen-bond acceptors (Lipinski definition) is 6. The van der Waals surface area contributed by atoms with E-state index in [9.17, 15) is 19.7 Å². The molecule has 1 amide bonds. The number of fused-ring (bicyclic) bond motifs is 5. The van der Waals surface area contributed by atoms with Gasteiger partial charge in [-0.25, -0.2) is 0 Å². The summed E-state index contributed by atoms with van der Waals surface area (Å²) in [6.45, 7) is 2.01. The topological polar surface area (TPSA) is 123 Å². The molecule has 3 aliphatic heterocycles. The summed E-state index contributed by atoms with van der Waals surface area (Å²) < 4.78 is 7.07. The highest BCUT2D eigenvalue weighted by molar-refractivity contribution is 5.93. The molecule has 33 heavy (non-hydrogen) atoms. The largest absolute Gasteiger partial charge is 0.493 e. The minimum Gasteiger partial charge on any atom is -0.493 e. The van der Waals surface area contributed by atoms with Gasteiger partial charge in [0.2, 0.25) is 0 Å². The lowest BCUT2D eigenvalue weighted by molar-refractivity contribution is -0.386. The van der Waals surface area contributed by atoms with Crippen LogP contribution in [0.15, 0.2) is 41.2 Å². The Hall–Kier alpha value is -3.95. The van der Waals surface area contributed by atoms with Gasteiger partial charge in [-0.15, -0.1) is 0 Å². The molecule has 3 aromatic rings. The van der Waals surface area contributed by atoms with Gasteiger partial charge in [-0.1, -0.05) is 0 Å². The summed E-state index contributed by atoms with van der Waals surface area (Å²) in [5.74, 6) is 0.800. The van der Waals surface area contributed by atoms with Gasteiger partial charge in [-0.3, -0.25) is 24.8 Å².